The summed E-state index contributed by atoms with van der Waals surface area (Å²) in [4.78, 5) is 22.3. The lowest BCUT2D eigenvalue weighted by atomic mass is 9.94. The van der Waals surface area contributed by atoms with Gasteiger partial charge in [-0.1, -0.05) is 19.8 Å². The second-order valence-corrected chi connectivity index (χ2v) is 7.45. The molecule has 0 aromatic rings. The van der Waals surface area contributed by atoms with Crippen molar-refractivity contribution in [3.63, 3.8) is 0 Å². The second-order valence-electron chi connectivity index (χ2n) is 5.26. The van der Waals surface area contributed by atoms with E-state index in [0.29, 0.717) is 6.42 Å². The third-order valence-electron chi connectivity index (χ3n) is 2.72. The quantitative estimate of drug-likeness (QED) is 0.613. The third-order valence-corrected chi connectivity index (χ3v) is 4.33. The minimum absolute atomic E-state index is 0.00339. The first-order valence-electron chi connectivity index (χ1n) is 6.31. The van der Waals surface area contributed by atoms with Gasteiger partial charge in [0.1, 0.15) is 5.75 Å². The number of hydrogen-bond donors (Lipinski definition) is 2. The number of carbonyl (C=O) groups is 2. The number of amides is 1. The van der Waals surface area contributed by atoms with Crippen LogP contribution in [-0.4, -0.2) is 43.5 Å². The van der Waals surface area contributed by atoms with E-state index in [0.717, 1.165) is 12.8 Å². The van der Waals surface area contributed by atoms with Gasteiger partial charge in [0.05, 0.1) is 11.2 Å². The van der Waals surface area contributed by atoms with Gasteiger partial charge in [0.25, 0.3) is 0 Å². The van der Waals surface area contributed by atoms with Crippen molar-refractivity contribution in [1.82, 2.24) is 5.32 Å². The zero-order chi connectivity index (χ0) is 15.1. The van der Waals surface area contributed by atoms with Crippen LogP contribution in [0, 0.1) is 5.41 Å². The lowest BCUT2D eigenvalue weighted by molar-refractivity contribution is -0.146. The Labute approximate surface area is 114 Å². The van der Waals surface area contributed by atoms with Crippen LogP contribution in [0.4, 0.5) is 0 Å². The van der Waals surface area contributed by atoms with Gasteiger partial charge in [-0.25, -0.2) is 8.42 Å². The number of aliphatic carboxylic acids is 1. The number of hydrogen-bond acceptors (Lipinski definition) is 4. The molecule has 0 bridgehead atoms. The van der Waals surface area contributed by atoms with Crippen LogP contribution in [0.1, 0.15) is 40.0 Å². The summed E-state index contributed by atoms with van der Waals surface area (Å²) in [5.41, 5.74) is -1.11. The molecule has 0 heterocycles. The molecule has 0 fully saturated rings. The Morgan fingerprint density at radius 2 is 1.79 bits per heavy atom. The molecule has 0 aromatic heterocycles. The Kier molecular flexibility index (Phi) is 7.04. The molecule has 6 nitrogen and oxygen atoms in total. The lowest BCUT2D eigenvalue weighted by Gasteiger charge is -2.19. The maximum absolute atomic E-state index is 11.6. The van der Waals surface area contributed by atoms with Gasteiger partial charge in [0.2, 0.25) is 5.91 Å². The fourth-order valence-electron chi connectivity index (χ4n) is 1.29. The molecule has 0 atom stereocenters. The maximum atomic E-state index is 11.6. The van der Waals surface area contributed by atoms with Crippen molar-refractivity contribution < 1.29 is 23.1 Å². The van der Waals surface area contributed by atoms with Crippen molar-refractivity contribution in [2.45, 2.75) is 40.0 Å². The average molecular weight is 293 g/mol. The first-order chi connectivity index (χ1) is 8.60. The molecule has 0 aliphatic carbocycles. The highest BCUT2D eigenvalue weighted by Gasteiger charge is 2.28. The van der Waals surface area contributed by atoms with E-state index in [1.54, 1.807) is 0 Å². The zero-order valence-corrected chi connectivity index (χ0v) is 12.5. The van der Waals surface area contributed by atoms with E-state index in [2.05, 4.69) is 5.32 Å². The van der Waals surface area contributed by atoms with Crippen LogP contribution in [0.15, 0.2) is 0 Å². The standard InChI is InChI=1S/C12H23NO5S/c1-4-5-6-7-19(17,18)8-10(14)13-9-12(2,3)11(15)16/h4-9H2,1-3H3,(H,13,14)(H,15,16). The van der Waals surface area contributed by atoms with E-state index in [1.165, 1.54) is 13.8 Å². The van der Waals surface area contributed by atoms with Crippen molar-refractivity contribution >= 4 is 21.7 Å². The number of carboxylic acid groups (broad SMARTS) is 1. The molecule has 0 unspecified atom stereocenters. The molecule has 1 amide bonds. The maximum Gasteiger partial charge on any atom is 0.310 e. The van der Waals surface area contributed by atoms with Crippen molar-refractivity contribution in [2.75, 3.05) is 18.1 Å². The zero-order valence-electron chi connectivity index (χ0n) is 11.7. The molecule has 0 radical (unpaired) electrons. The first kappa shape index (κ1) is 17.9. The van der Waals surface area contributed by atoms with E-state index in [9.17, 15) is 18.0 Å². The summed E-state index contributed by atoms with van der Waals surface area (Å²) in [6.45, 7) is 4.80. The van der Waals surface area contributed by atoms with E-state index in [4.69, 9.17) is 5.11 Å². The van der Waals surface area contributed by atoms with E-state index >= 15 is 0 Å². The van der Waals surface area contributed by atoms with Gasteiger partial charge in [-0.2, -0.15) is 0 Å². The molecule has 2 N–H and O–H groups in total. The lowest BCUT2D eigenvalue weighted by Crippen LogP contribution is -2.41. The molecule has 112 valence electrons. The molecule has 19 heavy (non-hydrogen) atoms. The summed E-state index contributed by atoms with van der Waals surface area (Å²) in [5, 5.41) is 11.2. The summed E-state index contributed by atoms with van der Waals surface area (Å²) in [6.07, 6.45) is 2.27. The predicted octanol–water partition coefficient (Wildman–Crippen LogP) is 0.818. The topological polar surface area (TPSA) is 101 Å². The summed E-state index contributed by atoms with van der Waals surface area (Å²) < 4.78 is 23.2. The van der Waals surface area contributed by atoms with Gasteiger partial charge < -0.3 is 10.4 Å². The Morgan fingerprint density at radius 1 is 1.21 bits per heavy atom. The van der Waals surface area contributed by atoms with Crippen LogP contribution in [-0.2, 0) is 19.4 Å². The van der Waals surface area contributed by atoms with Crippen LogP contribution in [0.25, 0.3) is 0 Å². The van der Waals surface area contributed by atoms with Gasteiger partial charge in [-0.3, -0.25) is 9.59 Å². The second kappa shape index (κ2) is 7.47. The van der Waals surface area contributed by atoms with E-state index in [1.807, 2.05) is 6.92 Å². The normalized spacial score (nSPS) is 12.2. The predicted molar refractivity (Wildman–Crippen MR) is 72.6 cm³/mol. The summed E-state index contributed by atoms with van der Waals surface area (Å²) >= 11 is 0. The number of carbonyl (C=O) groups excluding carboxylic acids is 1. The van der Waals surface area contributed by atoms with Gasteiger partial charge in [0.15, 0.2) is 9.84 Å². The molecule has 0 saturated heterocycles. The van der Waals surface area contributed by atoms with Crippen LogP contribution >= 0.6 is 0 Å². The molecular formula is C12H23NO5S. The summed E-state index contributed by atoms with van der Waals surface area (Å²) in [5.74, 6) is -2.27. The van der Waals surface area contributed by atoms with Gasteiger partial charge in [0, 0.05) is 6.54 Å². The molecular weight excluding hydrogens is 270 g/mol. The fourth-order valence-corrected chi connectivity index (χ4v) is 2.58. The highest BCUT2D eigenvalue weighted by molar-refractivity contribution is 7.92. The highest BCUT2D eigenvalue weighted by Crippen LogP contribution is 2.13. The van der Waals surface area contributed by atoms with Crippen molar-refractivity contribution in [2.24, 2.45) is 5.41 Å². The molecule has 0 spiro atoms. The number of unbranched alkanes of at least 4 members (excludes halogenated alkanes) is 2. The number of rotatable bonds is 9. The summed E-state index contributed by atoms with van der Waals surface area (Å²) in [6, 6.07) is 0. The Bertz CT molecular complexity index is 414. The monoisotopic (exact) mass is 293 g/mol. The van der Waals surface area contributed by atoms with E-state index in [-0.39, 0.29) is 12.3 Å². The Balaban J connectivity index is 4.21. The van der Waals surface area contributed by atoms with Crippen molar-refractivity contribution in [1.29, 1.82) is 0 Å². The highest BCUT2D eigenvalue weighted by atomic mass is 32.2. The van der Waals surface area contributed by atoms with Crippen molar-refractivity contribution in [3.8, 4) is 0 Å². The minimum atomic E-state index is -3.40. The van der Waals surface area contributed by atoms with Crippen LogP contribution in [0.2, 0.25) is 0 Å². The molecule has 0 aliphatic heterocycles. The molecule has 0 rings (SSSR count). The largest absolute Gasteiger partial charge is 0.481 e. The smallest absolute Gasteiger partial charge is 0.310 e. The van der Waals surface area contributed by atoms with Gasteiger partial charge in [-0.05, 0) is 20.3 Å². The third kappa shape index (κ3) is 7.81. The SMILES string of the molecule is CCCCCS(=O)(=O)CC(=O)NCC(C)(C)C(=O)O. The number of sulfone groups is 1. The van der Waals surface area contributed by atoms with Gasteiger partial charge in [-0.15, -0.1) is 0 Å². The first-order valence-corrected chi connectivity index (χ1v) is 8.13. The van der Waals surface area contributed by atoms with Crippen LogP contribution < -0.4 is 5.32 Å². The fraction of sp³-hybridized carbons (Fsp3) is 0.833. The van der Waals surface area contributed by atoms with Crippen molar-refractivity contribution in [3.05, 3.63) is 0 Å². The Hall–Kier alpha value is -1.11. The Morgan fingerprint density at radius 3 is 2.26 bits per heavy atom. The van der Waals surface area contributed by atoms with Gasteiger partial charge >= 0.3 is 5.97 Å². The van der Waals surface area contributed by atoms with Crippen LogP contribution in [0.3, 0.4) is 0 Å². The molecule has 0 aliphatic rings. The summed E-state index contributed by atoms with van der Waals surface area (Å²) in [7, 11) is -3.40. The van der Waals surface area contributed by atoms with Crippen LogP contribution in [0.5, 0.6) is 0 Å². The minimum Gasteiger partial charge on any atom is -0.481 e. The molecule has 7 heteroatoms. The number of carboxylic acids is 1. The molecule has 0 aromatic carbocycles. The number of nitrogens with one attached hydrogen (secondary N) is 1. The molecule has 0 saturated carbocycles. The van der Waals surface area contributed by atoms with E-state index < -0.39 is 32.9 Å². The average Bonchev–Trinajstić information content (AvgIpc) is 2.26.